The van der Waals surface area contributed by atoms with Gasteiger partial charge < -0.3 is 14.8 Å². The number of halogens is 2. The number of aromatic nitrogens is 1. The third-order valence-electron chi connectivity index (χ3n) is 4.19. The Bertz CT molecular complexity index is 1180. The Morgan fingerprint density at radius 2 is 2.03 bits per heavy atom. The summed E-state index contributed by atoms with van der Waals surface area (Å²) in [5.74, 6) is 0.327. The molecule has 2 heterocycles. The van der Waals surface area contributed by atoms with Gasteiger partial charge in [0.05, 0.1) is 22.7 Å². The summed E-state index contributed by atoms with van der Waals surface area (Å²) in [5, 5.41) is 12.3. The molecule has 0 aliphatic carbocycles. The zero-order valence-electron chi connectivity index (χ0n) is 15.3. The lowest BCUT2D eigenvalue weighted by Gasteiger charge is -2.09. The highest BCUT2D eigenvalue weighted by Crippen LogP contribution is 2.36. The van der Waals surface area contributed by atoms with Crippen molar-refractivity contribution in [2.24, 2.45) is 0 Å². The SMILES string of the molecule is N#Cc1ccc(-c2ccc3c(c2)OCO3)nc1SCC(=O)Nc1ccc(Br)cc1F. The van der Waals surface area contributed by atoms with Crippen LogP contribution in [0.3, 0.4) is 0 Å². The fourth-order valence-corrected chi connectivity index (χ4v) is 3.87. The third-order valence-corrected chi connectivity index (χ3v) is 5.68. The Hall–Kier alpha value is -3.09. The normalized spacial score (nSPS) is 11.8. The molecule has 0 radical (unpaired) electrons. The van der Waals surface area contributed by atoms with Gasteiger partial charge in [-0.05, 0) is 48.5 Å². The van der Waals surface area contributed by atoms with Crippen LogP contribution in [-0.2, 0) is 4.79 Å². The number of fused-ring (bicyclic) bond motifs is 1. The van der Waals surface area contributed by atoms with E-state index in [4.69, 9.17) is 9.47 Å². The number of nitrogens with one attached hydrogen (secondary N) is 1. The molecule has 2 aromatic carbocycles. The summed E-state index contributed by atoms with van der Waals surface area (Å²) in [7, 11) is 0. The highest BCUT2D eigenvalue weighted by atomic mass is 79.9. The molecule has 3 aromatic rings. The van der Waals surface area contributed by atoms with Gasteiger partial charge in [-0.15, -0.1) is 0 Å². The van der Waals surface area contributed by atoms with Gasteiger partial charge in [0, 0.05) is 10.0 Å². The van der Waals surface area contributed by atoms with Crippen LogP contribution < -0.4 is 14.8 Å². The van der Waals surface area contributed by atoms with Crippen molar-refractivity contribution < 1.29 is 18.7 Å². The van der Waals surface area contributed by atoms with Crippen LogP contribution in [0.4, 0.5) is 10.1 Å². The van der Waals surface area contributed by atoms with Crippen molar-refractivity contribution in [1.82, 2.24) is 4.98 Å². The first-order valence-electron chi connectivity index (χ1n) is 8.72. The number of thioether (sulfide) groups is 1. The number of nitrogens with zero attached hydrogens (tertiary/aromatic N) is 2. The second-order valence-corrected chi connectivity index (χ2v) is 8.07. The summed E-state index contributed by atoms with van der Waals surface area (Å²) in [4.78, 5) is 16.8. The van der Waals surface area contributed by atoms with Crippen LogP contribution >= 0.6 is 27.7 Å². The minimum atomic E-state index is -0.539. The maximum Gasteiger partial charge on any atom is 0.234 e. The van der Waals surface area contributed by atoms with Crippen molar-refractivity contribution in [3.63, 3.8) is 0 Å². The van der Waals surface area contributed by atoms with Crippen LogP contribution in [0.1, 0.15) is 5.56 Å². The zero-order valence-corrected chi connectivity index (χ0v) is 17.7. The lowest BCUT2D eigenvalue weighted by atomic mass is 10.1. The second kappa shape index (κ2) is 8.73. The van der Waals surface area contributed by atoms with Gasteiger partial charge in [0.1, 0.15) is 16.9 Å². The Morgan fingerprint density at radius 3 is 2.83 bits per heavy atom. The molecule has 0 fully saturated rings. The number of amides is 1. The fraction of sp³-hybridized carbons (Fsp3) is 0.0952. The Labute approximate surface area is 184 Å². The molecule has 6 nitrogen and oxygen atoms in total. The van der Waals surface area contributed by atoms with E-state index in [2.05, 4.69) is 32.3 Å². The fourth-order valence-electron chi connectivity index (χ4n) is 2.76. The number of carbonyl (C=O) groups excluding carboxylic acids is 1. The van der Waals surface area contributed by atoms with Gasteiger partial charge in [0.25, 0.3) is 0 Å². The number of ether oxygens (including phenoxy) is 2. The molecule has 9 heteroatoms. The third kappa shape index (κ3) is 4.40. The van der Waals surface area contributed by atoms with Gasteiger partial charge >= 0.3 is 0 Å². The number of anilines is 1. The van der Waals surface area contributed by atoms with E-state index in [9.17, 15) is 14.4 Å². The minimum absolute atomic E-state index is 0.0260. The van der Waals surface area contributed by atoms with E-state index >= 15 is 0 Å². The molecule has 30 heavy (non-hydrogen) atoms. The number of hydrogen-bond donors (Lipinski definition) is 1. The lowest BCUT2D eigenvalue weighted by molar-refractivity contribution is -0.113. The van der Waals surface area contributed by atoms with E-state index in [1.165, 1.54) is 12.1 Å². The monoisotopic (exact) mass is 485 g/mol. The van der Waals surface area contributed by atoms with Crippen molar-refractivity contribution in [2.75, 3.05) is 17.9 Å². The Kier molecular flexibility index (Phi) is 5.88. The second-order valence-electron chi connectivity index (χ2n) is 6.19. The van der Waals surface area contributed by atoms with Crippen molar-refractivity contribution in [2.45, 2.75) is 5.03 Å². The lowest BCUT2D eigenvalue weighted by Crippen LogP contribution is -2.15. The summed E-state index contributed by atoms with van der Waals surface area (Å²) in [6, 6.07) is 15.3. The molecule has 150 valence electrons. The number of nitriles is 1. The van der Waals surface area contributed by atoms with Crippen LogP contribution in [0, 0.1) is 17.1 Å². The van der Waals surface area contributed by atoms with Crippen LogP contribution in [-0.4, -0.2) is 23.4 Å². The molecular formula is C21H13BrFN3O3S. The highest BCUT2D eigenvalue weighted by molar-refractivity contribution is 9.10. The molecule has 0 saturated carbocycles. The molecule has 1 aliphatic heterocycles. The van der Waals surface area contributed by atoms with Crippen molar-refractivity contribution in [1.29, 1.82) is 5.26 Å². The summed E-state index contributed by atoms with van der Waals surface area (Å²) in [6.07, 6.45) is 0. The zero-order chi connectivity index (χ0) is 21.1. The number of benzene rings is 2. The van der Waals surface area contributed by atoms with Gasteiger partial charge in [0.15, 0.2) is 11.5 Å². The van der Waals surface area contributed by atoms with E-state index < -0.39 is 11.7 Å². The molecule has 1 amide bonds. The molecular weight excluding hydrogens is 473 g/mol. The smallest absolute Gasteiger partial charge is 0.234 e. The predicted molar refractivity (Wildman–Crippen MR) is 114 cm³/mol. The first-order chi connectivity index (χ1) is 14.5. The quantitative estimate of drug-likeness (QED) is 0.512. The maximum absolute atomic E-state index is 13.9. The number of carbonyl (C=O) groups is 1. The largest absolute Gasteiger partial charge is 0.454 e. The van der Waals surface area contributed by atoms with E-state index in [1.54, 1.807) is 24.3 Å². The Balaban J connectivity index is 1.50. The molecule has 1 aromatic heterocycles. The van der Waals surface area contributed by atoms with Crippen LogP contribution in [0.25, 0.3) is 11.3 Å². The highest BCUT2D eigenvalue weighted by Gasteiger charge is 2.16. The van der Waals surface area contributed by atoms with Crippen LogP contribution in [0.2, 0.25) is 0 Å². The van der Waals surface area contributed by atoms with Gasteiger partial charge in [0.2, 0.25) is 12.7 Å². The van der Waals surface area contributed by atoms with Gasteiger partial charge in [-0.25, -0.2) is 9.37 Å². The molecule has 0 saturated heterocycles. The van der Waals surface area contributed by atoms with E-state index in [1.807, 2.05) is 12.1 Å². The number of pyridine rings is 1. The van der Waals surface area contributed by atoms with Crippen LogP contribution in [0.15, 0.2) is 58.0 Å². The standard InChI is InChI=1S/C21H13BrFN3O3S/c22-14-3-5-17(15(23)8-14)25-20(27)10-30-21-13(9-24)1-4-16(26-21)12-2-6-18-19(7-12)29-11-28-18/h1-8H,10-11H2,(H,25,27). The molecule has 0 unspecified atom stereocenters. The molecule has 0 atom stereocenters. The first-order valence-corrected chi connectivity index (χ1v) is 10.5. The number of rotatable bonds is 5. The summed E-state index contributed by atoms with van der Waals surface area (Å²) in [6.45, 7) is 0.175. The first kappa shape index (κ1) is 20.2. The molecule has 4 rings (SSSR count). The van der Waals surface area contributed by atoms with Crippen molar-refractivity contribution >= 4 is 39.3 Å². The summed E-state index contributed by atoms with van der Waals surface area (Å²) in [5.41, 5.74) is 1.87. The van der Waals surface area contributed by atoms with Crippen molar-refractivity contribution in [3.8, 4) is 28.8 Å². The van der Waals surface area contributed by atoms with Crippen LogP contribution in [0.5, 0.6) is 11.5 Å². The average Bonchev–Trinajstić information content (AvgIpc) is 3.22. The van der Waals surface area contributed by atoms with Gasteiger partial charge in [-0.3, -0.25) is 4.79 Å². The topological polar surface area (TPSA) is 84.2 Å². The molecule has 0 bridgehead atoms. The van der Waals surface area contributed by atoms with E-state index in [0.29, 0.717) is 32.3 Å². The van der Waals surface area contributed by atoms with E-state index in [0.717, 1.165) is 17.3 Å². The van der Waals surface area contributed by atoms with E-state index in [-0.39, 0.29) is 18.2 Å². The summed E-state index contributed by atoms with van der Waals surface area (Å²) < 4.78 is 25.2. The van der Waals surface area contributed by atoms with Gasteiger partial charge in [-0.2, -0.15) is 5.26 Å². The summed E-state index contributed by atoms with van der Waals surface area (Å²) >= 11 is 4.28. The van der Waals surface area contributed by atoms with Gasteiger partial charge in [-0.1, -0.05) is 27.7 Å². The molecule has 1 N–H and O–H groups in total. The average molecular weight is 486 g/mol. The Morgan fingerprint density at radius 1 is 1.20 bits per heavy atom. The molecule has 0 spiro atoms. The molecule has 1 aliphatic rings. The number of hydrogen-bond acceptors (Lipinski definition) is 6. The maximum atomic E-state index is 13.9. The predicted octanol–water partition coefficient (Wildman–Crippen LogP) is 4.98. The van der Waals surface area contributed by atoms with Crippen molar-refractivity contribution in [3.05, 3.63) is 64.4 Å². The minimum Gasteiger partial charge on any atom is -0.454 e.